The second-order valence-corrected chi connectivity index (χ2v) is 4.44. The summed E-state index contributed by atoms with van der Waals surface area (Å²) in [6.07, 6.45) is 0. The zero-order chi connectivity index (χ0) is 14.5. The number of carbonyl (C=O) groups excluding carboxylic acids is 1. The average Bonchev–Trinajstić information content (AvgIpc) is 2.53. The van der Waals surface area contributed by atoms with Gasteiger partial charge < -0.3 is 15.4 Å². The van der Waals surface area contributed by atoms with Gasteiger partial charge in [-0.1, -0.05) is 24.3 Å². The second kappa shape index (κ2) is 6.21. The third-order valence-electron chi connectivity index (χ3n) is 3.18. The average molecular weight is 270 g/mol. The lowest BCUT2D eigenvalue weighted by atomic mass is 10.1. The second-order valence-electron chi connectivity index (χ2n) is 4.44. The van der Waals surface area contributed by atoms with E-state index in [2.05, 4.69) is 0 Å². The molecule has 1 amide bonds. The number of hydrogen-bond acceptors (Lipinski definition) is 3. The summed E-state index contributed by atoms with van der Waals surface area (Å²) in [7, 11) is 3.30. The summed E-state index contributed by atoms with van der Waals surface area (Å²) < 4.78 is 5.23. The van der Waals surface area contributed by atoms with Gasteiger partial charge in [0.1, 0.15) is 5.75 Å². The van der Waals surface area contributed by atoms with Crippen LogP contribution in [0.1, 0.15) is 15.9 Å². The number of rotatable bonds is 4. The third kappa shape index (κ3) is 2.81. The maximum absolute atomic E-state index is 12.5. The Morgan fingerprint density at radius 1 is 1.20 bits per heavy atom. The van der Waals surface area contributed by atoms with Gasteiger partial charge in [-0.15, -0.1) is 0 Å². The minimum Gasteiger partial charge on any atom is -0.496 e. The van der Waals surface area contributed by atoms with Crippen LogP contribution in [0, 0.1) is 0 Å². The van der Waals surface area contributed by atoms with Crippen LogP contribution in [0.15, 0.2) is 48.5 Å². The Hall–Kier alpha value is -2.33. The number of hydrogen-bond donors (Lipinski definition) is 1. The van der Waals surface area contributed by atoms with Crippen molar-refractivity contribution < 1.29 is 9.53 Å². The van der Waals surface area contributed by atoms with E-state index in [4.69, 9.17) is 10.5 Å². The highest BCUT2D eigenvalue weighted by Gasteiger charge is 2.17. The lowest BCUT2D eigenvalue weighted by Gasteiger charge is -2.19. The number of amides is 1. The topological polar surface area (TPSA) is 55.6 Å². The van der Waals surface area contributed by atoms with Crippen molar-refractivity contribution in [2.75, 3.05) is 19.1 Å². The van der Waals surface area contributed by atoms with Gasteiger partial charge in [0.05, 0.1) is 12.7 Å². The van der Waals surface area contributed by atoms with Crippen LogP contribution in [0.25, 0.3) is 0 Å². The van der Waals surface area contributed by atoms with E-state index >= 15 is 0 Å². The molecule has 0 heterocycles. The standard InChI is InChI=1S/C16H18N2O2/c1-18(13-7-5-6-12(10-13)11-17)16(19)14-8-3-4-9-15(14)20-2/h3-10H,11,17H2,1-2H3. The Balaban J connectivity index is 2.32. The molecule has 4 heteroatoms. The van der Waals surface area contributed by atoms with Crippen LogP contribution in [0.2, 0.25) is 0 Å². The fourth-order valence-electron chi connectivity index (χ4n) is 2.01. The molecule has 0 aliphatic heterocycles. The Morgan fingerprint density at radius 2 is 1.95 bits per heavy atom. The molecule has 0 unspecified atom stereocenters. The number of ether oxygens (including phenoxy) is 1. The van der Waals surface area contributed by atoms with E-state index in [1.54, 1.807) is 31.2 Å². The molecule has 0 atom stereocenters. The molecule has 2 aromatic rings. The summed E-state index contributed by atoms with van der Waals surface area (Å²) in [5.41, 5.74) is 7.96. The van der Waals surface area contributed by atoms with Gasteiger partial charge in [-0.2, -0.15) is 0 Å². The molecule has 20 heavy (non-hydrogen) atoms. The summed E-state index contributed by atoms with van der Waals surface area (Å²) in [6, 6.07) is 14.8. The highest BCUT2D eigenvalue weighted by atomic mass is 16.5. The van der Waals surface area contributed by atoms with Crippen LogP contribution in [0.5, 0.6) is 5.75 Å². The van der Waals surface area contributed by atoms with Gasteiger partial charge in [0.15, 0.2) is 0 Å². The van der Waals surface area contributed by atoms with Crippen LogP contribution >= 0.6 is 0 Å². The summed E-state index contributed by atoms with van der Waals surface area (Å²) in [4.78, 5) is 14.1. The van der Waals surface area contributed by atoms with Gasteiger partial charge in [-0.25, -0.2) is 0 Å². The number of nitrogens with zero attached hydrogens (tertiary/aromatic N) is 1. The number of benzene rings is 2. The molecule has 0 saturated heterocycles. The van der Waals surface area contributed by atoms with E-state index < -0.39 is 0 Å². The molecular weight excluding hydrogens is 252 g/mol. The van der Waals surface area contributed by atoms with Crippen molar-refractivity contribution in [1.29, 1.82) is 0 Å². The van der Waals surface area contributed by atoms with E-state index in [-0.39, 0.29) is 5.91 Å². The van der Waals surface area contributed by atoms with Crippen LogP contribution in [0.4, 0.5) is 5.69 Å². The Morgan fingerprint density at radius 3 is 2.65 bits per heavy atom. The number of anilines is 1. The van der Waals surface area contributed by atoms with Crippen LogP contribution in [-0.4, -0.2) is 20.1 Å². The summed E-state index contributed by atoms with van der Waals surface area (Å²) >= 11 is 0. The summed E-state index contributed by atoms with van der Waals surface area (Å²) in [5.74, 6) is 0.455. The van der Waals surface area contributed by atoms with Gasteiger partial charge in [0.2, 0.25) is 0 Å². The SMILES string of the molecule is COc1ccccc1C(=O)N(C)c1cccc(CN)c1. The first kappa shape index (κ1) is 14.1. The largest absolute Gasteiger partial charge is 0.496 e. The first-order chi connectivity index (χ1) is 9.67. The Kier molecular flexibility index (Phi) is 4.38. The highest BCUT2D eigenvalue weighted by molar-refractivity contribution is 6.07. The van der Waals surface area contributed by atoms with Crippen LogP contribution < -0.4 is 15.4 Å². The van der Waals surface area contributed by atoms with E-state index in [1.807, 2.05) is 36.4 Å². The predicted molar refractivity (Wildman–Crippen MR) is 80.1 cm³/mol. The molecule has 104 valence electrons. The molecule has 0 aliphatic rings. The fraction of sp³-hybridized carbons (Fsp3) is 0.188. The molecule has 2 N–H and O–H groups in total. The number of para-hydroxylation sites is 1. The molecule has 0 saturated carbocycles. The normalized spacial score (nSPS) is 10.2. The smallest absolute Gasteiger partial charge is 0.261 e. The Bertz CT molecular complexity index is 611. The van der Waals surface area contributed by atoms with Gasteiger partial charge >= 0.3 is 0 Å². The predicted octanol–water partition coefficient (Wildman–Crippen LogP) is 2.43. The fourth-order valence-corrected chi connectivity index (χ4v) is 2.01. The maximum Gasteiger partial charge on any atom is 0.261 e. The number of nitrogens with two attached hydrogens (primary N) is 1. The van der Waals surface area contributed by atoms with Crippen LogP contribution in [-0.2, 0) is 6.54 Å². The molecule has 0 spiro atoms. The van der Waals surface area contributed by atoms with Crippen molar-refractivity contribution in [2.24, 2.45) is 5.73 Å². The van der Waals surface area contributed by atoms with Crippen molar-refractivity contribution in [2.45, 2.75) is 6.54 Å². The lowest BCUT2D eigenvalue weighted by Crippen LogP contribution is -2.26. The lowest BCUT2D eigenvalue weighted by molar-refractivity contribution is 0.0990. The van der Waals surface area contributed by atoms with Crippen molar-refractivity contribution in [3.8, 4) is 5.75 Å². The minimum absolute atomic E-state index is 0.114. The monoisotopic (exact) mass is 270 g/mol. The van der Waals surface area contributed by atoms with Crippen molar-refractivity contribution in [3.05, 3.63) is 59.7 Å². The van der Waals surface area contributed by atoms with Gasteiger partial charge in [-0.3, -0.25) is 4.79 Å². The van der Waals surface area contributed by atoms with E-state index in [1.165, 1.54) is 0 Å². The highest BCUT2D eigenvalue weighted by Crippen LogP contribution is 2.22. The number of carbonyl (C=O) groups is 1. The van der Waals surface area contributed by atoms with Crippen molar-refractivity contribution in [1.82, 2.24) is 0 Å². The maximum atomic E-state index is 12.5. The summed E-state index contributed by atoms with van der Waals surface area (Å²) in [6.45, 7) is 0.449. The molecule has 2 aromatic carbocycles. The van der Waals surface area contributed by atoms with Gasteiger partial charge in [0, 0.05) is 19.3 Å². The quantitative estimate of drug-likeness (QED) is 0.928. The molecule has 0 radical (unpaired) electrons. The first-order valence-electron chi connectivity index (χ1n) is 6.37. The van der Waals surface area contributed by atoms with Gasteiger partial charge in [0.25, 0.3) is 5.91 Å². The molecule has 0 aromatic heterocycles. The summed E-state index contributed by atoms with van der Waals surface area (Å²) in [5, 5.41) is 0. The van der Waals surface area contributed by atoms with Crippen molar-refractivity contribution >= 4 is 11.6 Å². The minimum atomic E-state index is -0.114. The first-order valence-corrected chi connectivity index (χ1v) is 6.37. The van der Waals surface area contributed by atoms with Crippen LogP contribution in [0.3, 0.4) is 0 Å². The number of methoxy groups -OCH3 is 1. The zero-order valence-corrected chi connectivity index (χ0v) is 11.7. The molecule has 0 fully saturated rings. The van der Waals surface area contributed by atoms with Crippen molar-refractivity contribution in [3.63, 3.8) is 0 Å². The molecule has 2 rings (SSSR count). The third-order valence-corrected chi connectivity index (χ3v) is 3.18. The van der Waals surface area contributed by atoms with E-state index in [0.717, 1.165) is 11.3 Å². The molecular formula is C16H18N2O2. The molecule has 0 bridgehead atoms. The van der Waals surface area contributed by atoms with Gasteiger partial charge in [-0.05, 0) is 29.8 Å². The van der Waals surface area contributed by atoms with E-state index in [9.17, 15) is 4.79 Å². The van der Waals surface area contributed by atoms with E-state index in [0.29, 0.717) is 17.9 Å². The molecule has 4 nitrogen and oxygen atoms in total. The zero-order valence-electron chi connectivity index (χ0n) is 11.7. The Labute approximate surface area is 118 Å². The molecule has 0 aliphatic carbocycles.